The van der Waals surface area contributed by atoms with E-state index in [1.165, 1.54) is 17.8 Å². The first kappa shape index (κ1) is 16.1. The van der Waals surface area contributed by atoms with Crippen LogP contribution in [0.4, 0.5) is 8.78 Å². The number of imidazole rings is 1. The number of rotatable bonds is 2. The number of H-pyrrole nitrogens is 1. The van der Waals surface area contributed by atoms with Gasteiger partial charge >= 0.3 is 0 Å². The number of nitrogens with two attached hydrogens (primary N) is 1. The van der Waals surface area contributed by atoms with E-state index in [1.54, 1.807) is 11.8 Å². The number of fused-ring (bicyclic) bond motifs is 1. The monoisotopic (exact) mass is 350 g/mol. The number of hydrogen-bond donors (Lipinski definition) is 2. The summed E-state index contributed by atoms with van der Waals surface area (Å²) in [7, 11) is 0. The smallest absolute Gasteiger partial charge is 0.127 e. The summed E-state index contributed by atoms with van der Waals surface area (Å²) in [5, 5.41) is -0.197. The maximum absolute atomic E-state index is 14.0. The number of benzene rings is 1. The Morgan fingerprint density at radius 1 is 1.33 bits per heavy atom. The van der Waals surface area contributed by atoms with Crippen molar-refractivity contribution in [3.8, 4) is 0 Å². The molecule has 0 spiro atoms. The van der Waals surface area contributed by atoms with Crippen molar-refractivity contribution in [1.29, 1.82) is 0 Å². The topological polar surface area (TPSA) is 57.9 Å². The van der Waals surface area contributed by atoms with Crippen LogP contribution < -0.4 is 5.73 Å². The Morgan fingerprint density at radius 3 is 2.92 bits per heavy atom. The van der Waals surface area contributed by atoms with E-state index in [4.69, 9.17) is 5.73 Å². The second-order valence-electron chi connectivity index (χ2n) is 6.63. The van der Waals surface area contributed by atoms with Gasteiger partial charge in [0.1, 0.15) is 17.5 Å². The Kier molecular flexibility index (Phi) is 4.10. The van der Waals surface area contributed by atoms with E-state index in [1.807, 2.05) is 6.92 Å². The van der Waals surface area contributed by atoms with Crippen molar-refractivity contribution in [2.24, 2.45) is 5.73 Å². The molecule has 128 valence electrons. The maximum atomic E-state index is 14.0. The minimum Gasteiger partial charge on any atom is -0.345 e. The van der Waals surface area contributed by atoms with Gasteiger partial charge in [0.05, 0.1) is 11.4 Å². The molecule has 2 aromatic rings. The van der Waals surface area contributed by atoms with Crippen molar-refractivity contribution in [3.63, 3.8) is 0 Å². The summed E-state index contributed by atoms with van der Waals surface area (Å²) in [6.45, 7) is 3.65. The van der Waals surface area contributed by atoms with Crippen molar-refractivity contribution in [2.75, 3.05) is 5.75 Å². The van der Waals surface area contributed by atoms with Crippen LogP contribution in [0.2, 0.25) is 0 Å². The highest BCUT2D eigenvalue weighted by molar-refractivity contribution is 7.99. The molecule has 3 heterocycles. The average molecular weight is 350 g/mol. The number of nitrogens with one attached hydrogen (secondary N) is 1. The van der Waals surface area contributed by atoms with Crippen molar-refractivity contribution in [3.05, 3.63) is 52.6 Å². The lowest BCUT2D eigenvalue weighted by Gasteiger charge is -2.38. The van der Waals surface area contributed by atoms with E-state index in [0.717, 1.165) is 42.8 Å². The van der Waals surface area contributed by atoms with E-state index in [2.05, 4.69) is 14.9 Å². The Labute approximate surface area is 143 Å². The molecule has 0 aliphatic carbocycles. The van der Waals surface area contributed by atoms with Crippen LogP contribution in [0.25, 0.3) is 0 Å². The molecule has 1 aromatic heterocycles. The quantitative estimate of drug-likeness (QED) is 0.874. The van der Waals surface area contributed by atoms with Crippen LogP contribution in [-0.2, 0) is 13.1 Å². The first-order valence-electron chi connectivity index (χ1n) is 8.12. The molecule has 1 aromatic carbocycles. The summed E-state index contributed by atoms with van der Waals surface area (Å²) >= 11 is 1.62. The third-order valence-electron chi connectivity index (χ3n) is 4.88. The molecule has 0 amide bonds. The molecule has 0 bridgehead atoms. The molecule has 1 fully saturated rings. The van der Waals surface area contributed by atoms with Crippen molar-refractivity contribution in [1.82, 2.24) is 14.9 Å². The van der Waals surface area contributed by atoms with Crippen molar-refractivity contribution < 1.29 is 8.78 Å². The number of thioether (sulfide) groups is 1. The van der Waals surface area contributed by atoms with Gasteiger partial charge in [0.15, 0.2) is 0 Å². The van der Waals surface area contributed by atoms with Gasteiger partial charge in [-0.25, -0.2) is 13.8 Å². The molecular formula is C17H20F2N4S. The summed E-state index contributed by atoms with van der Waals surface area (Å²) < 4.78 is 27.5. The molecule has 7 heteroatoms. The first-order chi connectivity index (χ1) is 11.5. The highest BCUT2D eigenvalue weighted by atomic mass is 32.2. The lowest BCUT2D eigenvalue weighted by atomic mass is 9.98. The molecule has 4 nitrogen and oxygen atoms in total. The van der Waals surface area contributed by atoms with Crippen LogP contribution >= 0.6 is 11.8 Å². The minimum absolute atomic E-state index is 0.196. The number of aryl methyl sites for hydroxylation is 1. The van der Waals surface area contributed by atoms with E-state index < -0.39 is 5.82 Å². The summed E-state index contributed by atoms with van der Waals surface area (Å²) in [6.07, 6.45) is 0.775. The lowest BCUT2D eigenvalue weighted by Crippen LogP contribution is -2.44. The molecule has 24 heavy (non-hydrogen) atoms. The minimum atomic E-state index is -0.416. The molecule has 2 aliphatic rings. The highest BCUT2D eigenvalue weighted by Crippen LogP contribution is 2.41. The number of hydrogen-bond acceptors (Lipinski definition) is 4. The Bertz CT molecular complexity index is 740. The van der Waals surface area contributed by atoms with Crippen LogP contribution in [0.15, 0.2) is 18.2 Å². The molecule has 3 N–H and O–H groups in total. The van der Waals surface area contributed by atoms with Gasteiger partial charge in [-0.3, -0.25) is 4.90 Å². The van der Waals surface area contributed by atoms with Gasteiger partial charge in [0, 0.05) is 41.7 Å². The third kappa shape index (κ3) is 2.85. The Balaban J connectivity index is 1.45. The maximum Gasteiger partial charge on any atom is 0.127 e. The molecule has 1 saturated heterocycles. The SMILES string of the molecule is Cc1nc2c([nH]1)CN([C@H]1CSC(c3cc(F)ccc3F)[C@@H](N)C1)C2. The van der Waals surface area contributed by atoms with Crippen LogP contribution in [0.5, 0.6) is 0 Å². The van der Waals surface area contributed by atoms with Gasteiger partial charge in [0.25, 0.3) is 0 Å². The van der Waals surface area contributed by atoms with E-state index in [0.29, 0.717) is 11.6 Å². The zero-order valence-electron chi connectivity index (χ0n) is 13.4. The van der Waals surface area contributed by atoms with E-state index in [9.17, 15) is 8.78 Å². The molecule has 3 atom stereocenters. The summed E-state index contributed by atoms with van der Waals surface area (Å²) in [5.74, 6) is 1.02. The summed E-state index contributed by atoms with van der Waals surface area (Å²) in [6, 6.07) is 3.75. The van der Waals surface area contributed by atoms with Gasteiger partial charge in [-0.15, -0.1) is 0 Å². The van der Waals surface area contributed by atoms with Crippen LogP contribution in [0.3, 0.4) is 0 Å². The molecule has 4 rings (SSSR count). The first-order valence-corrected chi connectivity index (χ1v) is 9.16. The fraction of sp³-hybridized carbons (Fsp3) is 0.471. The molecule has 2 aliphatic heterocycles. The lowest BCUT2D eigenvalue weighted by molar-refractivity contribution is 0.189. The van der Waals surface area contributed by atoms with Crippen molar-refractivity contribution in [2.45, 2.75) is 43.8 Å². The second kappa shape index (κ2) is 6.13. The Hall–Kier alpha value is -1.44. The van der Waals surface area contributed by atoms with Crippen molar-refractivity contribution >= 4 is 11.8 Å². The zero-order valence-corrected chi connectivity index (χ0v) is 14.2. The van der Waals surface area contributed by atoms with Gasteiger partial charge in [-0.1, -0.05) is 0 Å². The normalized spacial score (nSPS) is 27.4. The standard InChI is InChI=1S/C17H20F2N4S/c1-9-21-15-6-23(7-16(15)22-9)11-5-14(20)17(24-8-11)12-4-10(18)2-3-13(12)19/h2-4,11,14,17H,5-8,20H2,1H3,(H,21,22)/t11-,14+,17?/m1/s1. The van der Waals surface area contributed by atoms with Gasteiger partial charge in [0.2, 0.25) is 0 Å². The van der Waals surface area contributed by atoms with Gasteiger partial charge in [-0.2, -0.15) is 11.8 Å². The second-order valence-corrected chi connectivity index (χ2v) is 7.80. The highest BCUT2D eigenvalue weighted by Gasteiger charge is 2.36. The molecule has 1 unspecified atom stereocenters. The predicted molar refractivity (Wildman–Crippen MR) is 90.5 cm³/mol. The fourth-order valence-corrected chi connectivity index (χ4v) is 5.21. The number of aromatic nitrogens is 2. The van der Waals surface area contributed by atoms with E-state index in [-0.39, 0.29) is 17.1 Å². The number of halogens is 2. The van der Waals surface area contributed by atoms with Crippen LogP contribution in [-0.4, -0.2) is 32.7 Å². The largest absolute Gasteiger partial charge is 0.345 e. The molecule has 0 radical (unpaired) electrons. The summed E-state index contributed by atoms with van der Waals surface area (Å²) in [5.41, 5.74) is 9.02. The Morgan fingerprint density at radius 2 is 2.17 bits per heavy atom. The zero-order chi connectivity index (χ0) is 16.8. The third-order valence-corrected chi connectivity index (χ3v) is 6.42. The van der Waals surface area contributed by atoms with E-state index >= 15 is 0 Å². The number of nitrogens with zero attached hydrogens (tertiary/aromatic N) is 2. The fourth-order valence-electron chi connectivity index (χ4n) is 3.71. The summed E-state index contributed by atoms with van der Waals surface area (Å²) in [4.78, 5) is 10.2. The van der Waals surface area contributed by atoms with Gasteiger partial charge < -0.3 is 10.7 Å². The average Bonchev–Trinajstić information content (AvgIpc) is 3.07. The predicted octanol–water partition coefficient (Wildman–Crippen LogP) is 2.89. The number of aromatic amines is 1. The van der Waals surface area contributed by atoms with Crippen LogP contribution in [0, 0.1) is 18.6 Å². The molecular weight excluding hydrogens is 330 g/mol. The molecule has 0 saturated carbocycles. The van der Waals surface area contributed by atoms with Crippen LogP contribution in [0.1, 0.15) is 34.4 Å². The van der Waals surface area contributed by atoms with Gasteiger partial charge in [-0.05, 0) is 31.5 Å².